The van der Waals surface area contributed by atoms with Crippen molar-refractivity contribution in [1.82, 2.24) is 0 Å². The Bertz CT molecular complexity index is 511. The van der Waals surface area contributed by atoms with Gasteiger partial charge in [0.05, 0.1) is 0 Å². The van der Waals surface area contributed by atoms with Crippen molar-refractivity contribution < 1.29 is 4.39 Å². The molecule has 0 atom stereocenters. The highest BCUT2D eigenvalue weighted by atomic mass is 19.1. The fourth-order valence-corrected chi connectivity index (χ4v) is 1.94. The van der Waals surface area contributed by atoms with E-state index in [-0.39, 0.29) is 5.82 Å². The fraction of sp³-hybridized carbons (Fsp3) is 0.200. The van der Waals surface area contributed by atoms with Crippen LogP contribution in [0.5, 0.6) is 0 Å². The molecule has 2 rings (SSSR count). The molecule has 2 nitrogen and oxygen atoms in total. The molecule has 2 aromatic carbocycles. The maximum Gasteiger partial charge on any atom is 0.125 e. The average Bonchev–Trinajstić information content (AvgIpc) is 2.39. The first-order valence-corrected chi connectivity index (χ1v) is 6.04. The van der Waals surface area contributed by atoms with Crippen LogP contribution in [0.15, 0.2) is 48.5 Å². The molecular weight excluding hydrogens is 227 g/mol. The Kier molecular flexibility index (Phi) is 3.82. The van der Waals surface area contributed by atoms with E-state index < -0.39 is 0 Å². The number of para-hydroxylation sites is 1. The molecule has 0 aliphatic rings. The van der Waals surface area contributed by atoms with Gasteiger partial charge in [-0.15, -0.1) is 0 Å². The van der Waals surface area contributed by atoms with E-state index in [1.54, 1.807) is 6.07 Å². The maximum atomic E-state index is 13.0. The first kappa shape index (κ1) is 12.4. The minimum Gasteiger partial charge on any atom is -0.398 e. The van der Waals surface area contributed by atoms with Gasteiger partial charge < -0.3 is 10.6 Å². The molecule has 0 aromatic heterocycles. The second-order valence-electron chi connectivity index (χ2n) is 4.19. The lowest BCUT2D eigenvalue weighted by Crippen LogP contribution is -2.22. The standard InChI is InChI=1S/C15H17FN2/c1-2-18(14-6-4-3-5-7-14)11-12-8-9-13(16)10-15(12)17/h3-10H,2,11,17H2,1H3. The summed E-state index contributed by atoms with van der Waals surface area (Å²) in [6.45, 7) is 3.65. The second-order valence-corrected chi connectivity index (χ2v) is 4.19. The molecule has 0 fully saturated rings. The van der Waals surface area contributed by atoms with Gasteiger partial charge >= 0.3 is 0 Å². The Balaban J connectivity index is 2.21. The second kappa shape index (κ2) is 5.54. The maximum absolute atomic E-state index is 13.0. The van der Waals surface area contributed by atoms with Gasteiger partial charge in [0.2, 0.25) is 0 Å². The summed E-state index contributed by atoms with van der Waals surface area (Å²) in [5.41, 5.74) is 8.43. The SMILES string of the molecule is CCN(Cc1ccc(F)cc1N)c1ccccc1. The molecule has 0 amide bonds. The Morgan fingerprint density at radius 3 is 2.44 bits per heavy atom. The molecule has 0 saturated heterocycles. The number of nitrogens with two attached hydrogens (primary N) is 1. The van der Waals surface area contributed by atoms with Gasteiger partial charge in [-0.25, -0.2) is 4.39 Å². The van der Waals surface area contributed by atoms with E-state index in [0.717, 1.165) is 17.8 Å². The number of hydrogen-bond acceptors (Lipinski definition) is 2. The van der Waals surface area contributed by atoms with Crippen LogP contribution in [0, 0.1) is 5.82 Å². The molecule has 0 spiro atoms. The molecule has 0 aliphatic carbocycles. The Morgan fingerprint density at radius 1 is 1.11 bits per heavy atom. The molecule has 0 heterocycles. The number of benzene rings is 2. The molecule has 18 heavy (non-hydrogen) atoms. The lowest BCUT2D eigenvalue weighted by atomic mass is 10.1. The van der Waals surface area contributed by atoms with E-state index in [0.29, 0.717) is 12.2 Å². The first-order chi connectivity index (χ1) is 8.70. The average molecular weight is 244 g/mol. The van der Waals surface area contributed by atoms with Gasteiger partial charge in [-0.1, -0.05) is 24.3 Å². The lowest BCUT2D eigenvalue weighted by molar-refractivity contribution is 0.627. The van der Waals surface area contributed by atoms with E-state index in [1.807, 2.05) is 18.2 Å². The number of anilines is 2. The smallest absolute Gasteiger partial charge is 0.125 e. The van der Waals surface area contributed by atoms with Crippen molar-refractivity contribution in [2.24, 2.45) is 0 Å². The van der Waals surface area contributed by atoms with Crippen LogP contribution in [-0.4, -0.2) is 6.54 Å². The zero-order valence-electron chi connectivity index (χ0n) is 10.4. The van der Waals surface area contributed by atoms with Gasteiger partial charge in [0.1, 0.15) is 5.82 Å². The minimum atomic E-state index is -0.293. The largest absolute Gasteiger partial charge is 0.398 e. The normalized spacial score (nSPS) is 10.3. The fourth-order valence-electron chi connectivity index (χ4n) is 1.94. The lowest BCUT2D eigenvalue weighted by Gasteiger charge is -2.23. The highest BCUT2D eigenvalue weighted by molar-refractivity contribution is 5.52. The number of nitrogen functional groups attached to an aromatic ring is 1. The zero-order valence-corrected chi connectivity index (χ0v) is 10.4. The van der Waals surface area contributed by atoms with Crippen molar-refractivity contribution in [1.29, 1.82) is 0 Å². The van der Waals surface area contributed by atoms with Gasteiger partial charge in [0.15, 0.2) is 0 Å². The molecule has 0 radical (unpaired) electrons. The third-order valence-electron chi connectivity index (χ3n) is 2.97. The van der Waals surface area contributed by atoms with E-state index in [1.165, 1.54) is 12.1 Å². The van der Waals surface area contributed by atoms with Crippen molar-refractivity contribution >= 4 is 11.4 Å². The van der Waals surface area contributed by atoms with E-state index in [9.17, 15) is 4.39 Å². The summed E-state index contributed by atoms with van der Waals surface area (Å²) in [4.78, 5) is 2.20. The molecule has 94 valence electrons. The molecular formula is C15H17FN2. The predicted molar refractivity (Wildman–Crippen MR) is 74.0 cm³/mol. The van der Waals surface area contributed by atoms with Crippen molar-refractivity contribution in [2.75, 3.05) is 17.2 Å². The number of hydrogen-bond donors (Lipinski definition) is 1. The van der Waals surface area contributed by atoms with Gasteiger partial charge in [-0.05, 0) is 36.8 Å². The highest BCUT2D eigenvalue weighted by Crippen LogP contribution is 2.20. The molecule has 0 saturated carbocycles. The molecule has 0 unspecified atom stereocenters. The molecule has 2 N–H and O–H groups in total. The summed E-state index contributed by atoms with van der Waals surface area (Å²) in [6.07, 6.45) is 0. The van der Waals surface area contributed by atoms with Gasteiger partial charge in [0.25, 0.3) is 0 Å². The third-order valence-corrected chi connectivity index (χ3v) is 2.97. The first-order valence-electron chi connectivity index (χ1n) is 6.04. The quantitative estimate of drug-likeness (QED) is 0.835. The summed E-state index contributed by atoms with van der Waals surface area (Å²) < 4.78 is 13.0. The van der Waals surface area contributed by atoms with Crippen LogP contribution >= 0.6 is 0 Å². The Hall–Kier alpha value is -2.03. The minimum absolute atomic E-state index is 0.293. The van der Waals surface area contributed by atoms with Gasteiger partial charge in [-0.2, -0.15) is 0 Å². The van der Waals surface area contributed by atoms with E-state index >= 15 is 0 Å². The van der Waals surface area contributed by atoms with Gasteiger partial charge in [-0.3, -0.25) is 0 Å². The Morgan fingerprint density at radius 2 is 1.83 bits per heavy atom. The van der Waals surface area contributed by atoms with Crippen LogP contribution in [0.2, 0.25) is 0 Å². The van der Waals surface area contributed by atoms with Crippen LogP contribution in [0.3, 0.4) is 0 Å². The van der Waals surface area contributed by atoms with E-state index in [2.05, 4.69) is 24.0 Å². The van der Waals surface area contributed by atoms with Crippen LogP contribution in [0.25, 0.3) is 0 Å². The van der Waals surface area contributed by atoms with Crippen molar-refractivity contribution in [3.8, 4) is 0 Å². The number of rotatable bonds is 4. The van der Waals surface area contributed by atoms with Crippen molar-refractivity contribution in [3.05, 3.63) is 59.9 Å². The summed E-state index contributed by atoms with van der Waals surface area (Å²) in [7, 11) is 0. The summed E-state index contributed by atoms with van der Waals surface area (Å²) in [5.74, 6) is -0.293. The van der Waals surface area contributed by atoms with Crippen molar-refractivity contribution in [3.63, 3.8) is 0 Å². The van der Waals surface area contributed by atoms with Crippen LogP contribution in [0.1, 0.15) is 12.5 Å². The summed E-state index contributed by atoms with van der Waals surface area (Å²) >= 11 is 0. The monoisotopic (exact) mass is 244 g/mol. The summed E-state index contributed by atoms with van der Waals surface area (Å²) in [6, 6.07) is 14.7. The molecule has 0 aliphatic heterocycles. The molecule has 3 heteroatoms. The summed E-state index contributed by atoms with van der Waals surface area (Å²) in [5, 5.41) is 0. The molecule has 0 bridgehead atoms. The van der Waals surface area contributed by atoms with Crippen LogP contribution in [-0.2, 0) is 6.54 Å². The zero-order chi connectivity index (χ0) is 13.0. The van der Waals surface area contributed by atoms with Gasteiger partial charge in [0, 0.05) is 24.5 Å². The Labute approximate surface area is 107 Å². The number of halogens is 1. The molecule has 2 aromatic rings. The number of nitrogens with zero attached hydrogens (tertiary/aromatic N) is 1. The van der Waals surface area contributed by atoms with Crippen LogP contribution < -0.4 is 10.6 Å². The predicted octanol–water partition coefficient (Wildman–Crippen LogP) is 3.43. The van der Waals surface area contributed by atoms with E-state index in [4.69, 9.17) is 5.73 Å². The van der Waals surface area contributed by atoms with Crippen LogP contribution in [0.4, 0.5) is 15.8 Å². The highest BCUT2D eigenvalue weighted by Gasteiger charge is 2.07. The topological polar surface area (TPSA) is 29.3 Å². The van der Waals surface area contributed by atoms with Crippen molar-refractivity contribution in [2.45, 2.75) is 13.5 Å². The third kappa shape index (κ3) is 2.80.